The number of hydrogen-bond acceptors (Lipinski definition) is 3. The zero-order valence-corrected chi connectivity index (χ0v) is 16.3. The van der Waals surface area contributed by atoms with E-state index >= 15 is 0 Å². The molecule has 4 rings (SSSR count). The fourth-order valence-electron chi connectivity index (χ4n) is 4.08. The van der Waals surface area contributed by atoms with Crippen molar-refractivity contribution in [3.05, 3.63) is 94.8 Å². The average molecular weight is 368 g/mol. The average Bonchev–Trinajstić information content (AvgIpc) is 3.31. The molecule has 0 spiro atoms. The summed E-state index contributed by atoms with van der Waals surface area (Å²) in [5.41, 5.74) is 6.58. The standard InChI is InChI=1S/C24H24N4/c1-17-24(18(2)28(27-17)23-9-4-3-5-10-23)21-11-12-22(14-21)26-16-20-8-6-7-19(13-20)15-25/h3-13,21-22,26H,14,16H2,1-2H3/t21-,22-/m1/s1. The van der Waals surface area contributed by atoms with Crippen LogP contribution in [0.4, 0.5) is 0 Å². The lowest BCUT2D eigenvalue weighted by Gasteiger charge is -2.15. The second-order valence-corrected chi connectivity index (χ2v) is 7.36. The number of para-hydroxylation sites is 1. The first-order valence-electron chi connectivity index (χ1n) is 9.68. The van der Waals surface area contributed by atoms with Gasteiger partial charge in [0.25, 0.3) is 0 Å². The summed E-state index contributed by atoms with van der Waals surface area (Å²) in [5, 5.41) is 17.4. The van der Waals surface area contributed by atoms with Crippen LogP contribution in [0.2, 0.25) is 0 Å². The molecule has 1 aliphatic rings. The van der Waals surface area contributed by atoms with Crippen LogP contribution >= 0.6 is 0 Å². The third kappa shape index (κ3) is 3.62. The highest BCUT2D eigenvalue weighted by molar-refractivity contribution is 5.41. The first kappa shape index (κ1) is 18.2. The smallest absolute Gasteiger partial charge is 0.0991 e. The number of aromatic nitrogens is 2. The topological polar surface area (TPSA) is 53.6 Å². The number of nitriles is 1. The molecule has 0 saturated heterocycles. The molecule has 0 fully saturated rings. The Morgan fingerprint density at radius 3 is 2.71 bits per heavy atom. The highest BCUT2D eigenvalue weighted by Crippen LogP contribution is 2.34. The second-order valence-electron chi connectivity index (χ2n) is 7.36. The lowest BCUT2D eigenvalue weighted by Crippen LogP contribution is -2.25. The van der Waals surface area contributed by atoms with E-state index in [1.54, 1.807) is 0 Å². The van der Waals surface area contributed by atoms with Gasteiger partial charge in [-0.1, -0.05) is 42.5 Å². The maximum atomic E-state index is 9.05. The first-order valence-corrected chi connectivity index (χ1v) is 9.68. The molecule has 140 valence electrons. The number of benzene rings is 2. The SMILES string of the molecule is Cc1nn(-c2ccccc2)c(C)c1[C@@H]1C=C[C@@H](NCc2cccc(C#N)c2)C1. The second kappa shape index (κ2) is 7.84. The fraction of sp³-hybridized carbons (Fsp3) is 0.250. The largest absolute Gasteiger partial charge is 0.306 e. The molecular formula is C24H24N4. The van der Waals surface area contributed by atoms with Crippen molar-refractivity contribution in [2.24, 2.45) is 0 Å². The van der Waals surface area contributed by atoms with E-state index in [-0.39, 0.29) is 0 Å². The van der Waals surface area contributed by atoms with Gasteiger partial charge >= 0.3 is 0 Å². The number of aryl methyl sites for hydroxylation is 1. The molecule has 2 aromatic carbocycles. The van der Waals surface area contributed by atoms with Crippen LogP contribution in [-0.4, -0.2) is 15.8 Å². The Bertz CT molecular complexity index is 1040. The number of allylic oxidation sites excluding steroid dienone is 1. The molecule has 1 N–H and O–H groups in total. The van der Waals surface area contributed by atoms with E-state index in [4.69, 9.17) is 10.4 Å². The van der Waals surface area contributed by atoms with Crippen LogP contribution in [0, 0.1) is 25.2 Å². The Kier molecular flexibility index (Phi) is 5.10. The number of hydrogen-bond donors (Lipinski definition) is 1. The predicted molar refractivity (Wildman–Crippen MR) is 111 cm³/mol. The van der Waals surface area contributed by atoms with Gasteiger partial charge in [0.05, 0.1) is 23.0 Å². The number of rotatable bonds is 5. The maximum Gasteiger partial charge on any atom is 0.0991 e. The van der Waals surface area contributed by atoms with E-state index in [1.807, 2.05) is 41.1 Å². The Hall–Kier alpha value is -3.16. The van der Waals surface area contributed by atoms with Crippen LogP contribution in [0.15, 0.2) is 66.7 Å². The highest BCUT2D eigenvalue weighted by atomic mass is 15.3. The summed E-state index contributed by atoms with van der Waals surface area (Å²) in [5.74, 6) is 0.375. The molecule has 1 aromatic heterocycles. The van der Waals surface area contributed by atoms with Gasteiger partial charge in [0.15, 0.2) is 0 Å². The number of nitrogens with zero attached hydrogens (tertiary/aromatic N) is 3. The van der Waals surface area contributed by atoms with Gasteiger partial charge in [0, 0.05) is 29.8 Å². The van der Waals surface area contributed by atoms with Crippen LogP contribution in [0.25, 0.3) is 5.69 Å². The van der Waals surface area contributed by atoms with Crippen molar-refractivity contribution in [2.45, 2.75) is 38.8 Å². The van der Waals surface area contributed by atoms with Crippen molar-refractivity contribution >= 4 is 0 Å². The Balaban J connectivity index is 1.45. The Morgan fingerprint density at radius 2 is 1.93 bits per heavy atom. The molecule has 2 atom stereocenters. The lowest BCUT2D eigenvalue weighted by molar-refractivity contribution is 0.559. The Morgan fingerprint density at radius 1 is 1.11 bits per heavy atom. The van der Waals surface area contributed by atoms with Crippen LogP contribution in [-0.2, 0) is 6.54 Å². The highest BCUT2D eigenvalue weighted by Gasteiger charge is 2.25. The summed E-state index contributed by atoms with van der Waals surface area (Å²) in [7, 11) is 0. The summed E-state index contributed by atoms with van der Waals surface area (Å²) < 4.78 is 2.05. The van der Waals surface area contributed by atoms with E-state index < -0.39 is 0 Å². The van der Waals surface area contributed by atoms with Gasteiger partial charge < -0.3 is 5.32 Å². The molecule has 1 aliphatic carbocycles. The normalized spacial score (nSPS) is 18.3. The predicted octanol–water partition coefficient (Wildman–Crippen LogP) is 4.56. The van der Waals surface area contributed by atoms with Crippen molar-refractivity contribution in [3.63, 3.8) is 0 Å². The third-order valence-corrected chi connectivity index (χ3v) is 5.43. The minimum atomic E-state index is 0.328. The fourth-order valence-corrected chi connectivity index (χ4v) is 4.08. The van der Waals surface area contributed by atoms with Gasteiger partial charge in [-0.2, -0.15) is 10.4 Å². The zero-order valence-electron chi connectivity index (χ0n) is 16.3. The van der Waals surface area contributed by atoms with E-state index in [0.29, 0.717) is 17.5 Å². The lowest BCUT2D eigenvalue weighted by atomic mass is 9.96. The van der Waals surface area contributed by atoms with Crippen LogP contribution < -0.4 is 5.32 Å². The number of nitrogens with one attached hydrogen (secondary N) is 1. The van der Waals surface area contributed by atoms with Gasteiger partial charge in [-0.15, -0.1) is 0 Å². The van der Waals surface area contributed by atoms with E-state index in [2.05, 4.69) is 55.6 Å². The Labute approximate surface area is 166 Å². The molecule has 0 radical (unpaired) electrons. The van der Waals surface area contributed by atoms with E-state index in [1.165, 1.54) is 11.3 Å². The van der Waals surface area contributed by atoms with E-state index in [9.17, 15) is 0 Å². The van der Waals surface area contributed by atoms with Crippen molar-refractivity contribution in [1.29, 1.82) is 5.26 Å². The summed E-state index contributed by atoms with van der Waals surface area (Å²) in [6.45, 7) is 5.02. The zero-order chi connectivity index (χ0) is 19.5. The maximum absolute atomic E-state index is 9.05. The summed E-state index contributed by atoms with van der Waals surface area (Å²) in [6.07, 6.45) is 5.59. The molecule has 0 bridgehead atoms. The third-order valence-electron chi connectivity index (χ3n) is 5.43. The molecule has 3 aromatic rings. The molecule has 1 heterocycles. The van der Waals surface area contributed by atoms with Crippen LogP contribution in [0.1, 0.15) is 40.4 Å². The molecule has 4 nitrogen and oxygen atoms in total. The molecule has 0 saturated carbocycles. The monoisotopic (exact) mass is 368 g/mol. The van der Waals surface area contributed by atoms with Crippen molar-refractivity contribution < 1.29 is 0 Å². The molecule has 0 unspecified atom stereocenters. The van der Waals surface area contributed by atoms with Gasteiger partial charge in [0.1, 0.15) is 0 Å². The quantitative estimate of drug-likeness (QED) is 0.672. The summed E-state index contributed by atoms with van der Waals surface area (Å²) in [6, 6.07) is 20.6. The van der Waals surface area contributed by atoms with Gasteiger partial charge in [-0.3, -0.25) is 0 Å². The van der Waals surface area contributed by atoms with Crippen molar-refractivity contribution in [3.8, 4) is 11.8 Å². The molecule has 0 amide bonds. The van der Waals surface area contributed by atoms with E-state index in [0.717, 1.165) is 29.9 Å². The van der Waals surface area contributed by atoms with Crippen LogP contribution in [0.3, 0.4) is 0 Å². The van der Waals surface area contributed by atoms with Gasteiger partial charge in [-0.25, -0.2) is 4.68 Å². The summed E-state index contributed by atoms with van der Waals surface area (Å²) in [4.78, 5) is 0. The minimum Gasteiger partial charge on any atom is -0.306 e. The molecular weight excluding hydrogens is 344 g/mol. The minimum absolute atomic E-state index is 0.328. The van der Waals surface area contributed by atoms with Gasteiger partial charge in [0.2, 0.25) is 0 Å². The first-order chi connectivity index (χ1) is 13.7. The van der Waals surface area contributed by atoms with Crippen molar-refractivity contribution in [1.82, 2.24) is 15.1 Å². The van der Waals surface area contributed by atoms with Crippen LogP contribution in [0.5, 0.6) is 0 Å². The summed E-state index contributed by atoms with van der Waals surface area (Å²) >= 11 is 0. The van der Waals surface area contributed by atoms with Gasteiger partial charge in [-0.05, 0) is 50.1 Å². The molecule has 28 heavy (non-hydrogen) atoms. The molecule has 0 aliphatic heterocycles. The molecule has 4 heteroatoms. The van der Waals surface area contributed by atoms with Crippen molar-refractivity contribution in [2.75, 3.05) is 0 Å².